The van der Waals surface area contributed by atoms with Gasteiger partial charge in [-0.25, -0.2) is 0 Å². The average molecular weight is 357 g/mol. The third-order valence-corrected chi connectivity index (χ3v) is 3.56. The Morgan fingerprint density at radius 3 is 2.33 bits per heavy atom. The van der Waals surface area contributed by atoms with Gasteiger partial charge in [-0.15, -0.1) is 0 Å². The van der Waals surface area contributed by atoms with Crippen LogP contribution < -0.4 is 0 Å². The molecule has 0 aliphatic heterocycles. The standard InChI is InChI=1S/C16H12BrF3O/c17-12-7-8-13(14(10-12)16(18,19)20)15(21)9-6-11-4-2-1-3-5-11/h1-5,7-8,10H,6,9H2. The molecule has 0 aliphatic rings. The Kier molecular flexibility index (Phi) is 4.83. The summed E-state index contributed by atoms with van der Waals surface area (Å²) in [5, 5.41) is 0. The number of aryl methyl sites for hydroxylation is 1. The second-order valence-corrected chi connectivity index (χ2v) is 5.51. The molecule has 0 unspecified atom stereocenters. The molecule has 0 saturated carbocycles. The van der Waals surface area contributed by atoms with E-state index in [0.717, 1.165) is 11.6 Å². The highest BCUT2D eigenvalue weighted by Gasteiger charge is 2.35. The number of Topliss-reactive ketones (excluding diaryl/α,β-unsaturated/α-hetero) is 1. The molecule has 110 valence electrons. The van der Waals surface area contributed by atoms with Crippen molar-refractivity contribution < 1.29 is 18.0 Å². The summed E-state index contributed by atoms with van der Waals surface area (Å²) < 4.78 is 39.2. The number of carbonyl (C=O) groups excluding carboxylic acids is 1. The first-order chi connectivity index (χ1) is 9.88. The van der Waals surface area contributed by atoms with E-state index in [4.69, 9.17) is 0 Å². The van der Waals surface area contributed by atoms with Crippen molar-refractivity contribution in [2.75, 3.05) is 0 Å². The topological polar surface area (TPSA) is 17.1 Å². The number of hydrogen-bond donors (Lipinski definition) is 0. The molecule has 0 aliphatic carbocycles. The van der Waals surface area contributed by atoms with E-state index in [-0.39, 0.29) is 12.0 Å². The van der Waals surface area contributed by atoms with Gasteiger partial charge in [0.25, 0.3) is 0 Å². The quantitative estimate of drug-likeness (QED) is 0.680. The van der Waals surface area contributed by atoms with E-state index in [1.807, 2.05) is 30.3 Å². The number of halogens is 4. The normalized spacial score (nSPS) is 11.4. The SMILES string of the molecule is O=C(CCc1ccccc1)c1ccc(Br)cc1C(F)(F)F. The van der Waals surface area contributed by atoms with Gasteiger partial charge in [0.1, 0.15) is 0 Å². The molecule has 0 saturated heterocycles. The molecule has 2 aromatic rings. The molecule has 2 aromatic carbocycles. The van der Waals surface area contributed by atoms with Crippen molar-refractivity contribution in [3.8, 4) is 0 Å². The lowest BCUT2D eigenvalue weighted by atomic mass is 9.98. The predicted molar refractivity (Wildman–Crippen MR) is 78.2 cm³/mol. The number of carbonyl (C=O) groups is 1. The lowest BCUT2D eigenvalue weighted by Gasteiger charge is -2.12. The zero-order valence-corrected chi connectivity index (χ0v) is 12.5. The second kappa shape index (κ2) is 6.43. The minimum atomic E-state index is -4.54. The number of benzene rings is 2. The molecular weight excluding hydrogens is 345 g/mol. The van der Waals surface area contributed by atoms with E-state index < -0.39 is 17.5 Å². The zero-order valence-electron chi connectivity index (χ0n) is 11.0. The Balaban J connectivity index is 2.20. The van der Waals surface area contributed by atoms with Gasteiger partial charge >= 0.3 is 6.18 Å². The molecule has 5 heteroatoms. The summed E-state index contributed by atoms with van der Waals surface area (Å²) in [7, 11) is 0. The van der Waals surface area contributed by atoms with Gasteiger partial charge in [-0.2, -0.15) is 13.2 Å². The first kappa shape index (κ1) is 15.8. The van der Waals surface area contributed by atoms with Gasteiger partial charge in [0.15, 0.2) is 5.78 Å². The molecule has 0 bridgehead atoms. The summed E-state index contributed by atoms with van der Waals surface area (Å²) >= 11 is 3.00. The molecule has 0 heterocycles. The van der Waals surface area contributed by atoms with Crippen LogP contribution in [-0.2, 0) is 12.6 Å². The van der Waals surface area contributed by atoms with Gasteiger partial charge in [-0.3, -0.25) is 4.79 Å². The van der Waals surface area contributed by atoms with Crippen molar-refractivity contribution in [2.45, 2.75) is 19.0 Å². The maximum atomic E-state index is 13.0. The van der Waals surface area contributed by atoms with E-state index >= 15 is 0 Å². The van der Waals surface area contributed by atoms with Crippen molar-refractivity contribution >= 4 is 21.7 Å². The lowest BCUT2D eigenvalue weighted by molar-refractivity contribution is -0.138. The zero-order chi connectivity index (χ0) is 15.5. The third-order valence-electron chi connectivity index (χ3n) is 3.07. The maximum absolute atomic E-state index is 13.0. The largest absolute Gasteiger partial charge is 0.417 e. The minimum Gasteiger partial charge on any atom is -0.294 e. The highest BCUT2D eigenvalue weighted by molar-refractivity contribution is 9.10. The Hall–Kier alpha value is -1.62. The van der Waals surface area contributed by atoms with Crippen LogP contribution in [0.25, 0.3) is 0 Å². The van der Waals surface area contributed by atoms with Crippen LogP contribution in [0.5, 0.6) is 0 Å². The highest BCUT2D eigenvalue weighted by atomic mass is 79.9. The Labute approximate surface area is 128 Å². The van der Waals surface area contributed by atoms with Crippen LogP contribution in [0.15, 0.2) is 53.0 Å². The molecule has 0 fully saturated rings. The van der Waals surface area contributed by atoms with Gasteiger partial charge in [0.05, 0.1) is 5.56 Å². The molecule has 0 N–H and O–H groups in total. The van der Waals surface area contributed by atoms with E-state index in [1.165, 1.54) is 12.1 Å². The van der Waals surface area contributed by atoms with Crippen molar-refractivity contribution in [2.24, 2.45) is 0 Å². The summed E-state index contributed by atoms with van der Waals surface area (Å²) in [5.74, 6) is -0.501. The molecule has 21 heavy (non-hydrogen) atoms. The van der Waals surface area contributed by atoms with Gasteiger partial charge in [-0.1, -0.05) is 46.3 Å². The second-order valence-electron chi connectivity index (χ2n) is 4.60. The Morgan fingerprint density at radius 1 is 1.05 bits per heavy atom. The van der Waals surface area contributed by atoms with E-state index in [0.29, 0.717) is 10.9 Å². The number of alkyl halides is 3. The van der Waals surface area contributed by atoms with Crippen LogP contribution in [-0.4, -0.2) is 5.78 Å². The smallest absolute Gasteiger partial charge is 0.294 e. The van der Waals surface area contributed by atoms with Crippen LogP contribution in [0.4, 0.5) is 13.2 Å². The van der Waals surface area contributed by atoms with Crippen molar-refractivity contribution in [1.82, 2.24) is 0 Å². The first-order valence-corrected chi connectivity index (χ1v) is 7.11. The summed E-state index contributed by atoms with van der Waals surface area (Å²) in [5.41, 5.74) is -0.243. The number of rotatable bonds is 4. The van der Waals surface area contributed by atoms with E-state index in [9.17, 15) is 18.0 Å². The van der Waals surface area contributed by atoms with Gasteiger partial charge in [0.2, 0.25) is 0 Å². The summed E-state index contributed by atoms with van der Waals surface area (Å²) in [6.45, 7) is 0. The average Bonchev–Trinajstić information content (AvgIpc) is 2.45. The van der Waals surface area contributed by atoms with Gasteiger partial charge in [0, 0.05) is 16.5 Å². The van der Waals surface area contributed by atoms with Crippen LogP contribution >= 0.6 is 15.9 Å². The molecule has 2 rings (SSSR count). The summed E-state index contributed by atoms with van der Waals surface area (Å²) in [6, 6.07) is 12.8. The fourth-order valence-corrected chi connectivity index (χ4v) is 2.39. The third kappa shape index (κ3) is 4.17. The molecule has 0 spiro atoms. The van der Waals surface area contributed by atoms with Crippen LogP contribution in [0.1, 0.15) is 27.9 Å². The highest BCUT2D eigenvalue weighted by Crippen LogP contribution is 2.34. The van der Waals surface area contributed by atoms with Gasteiger partial charge in [-0.05, 0) is 30.2 Å². The minimum absolute atomic E-state index is 0.0503. The molecule has 0 atom stereocenters. The van der Waals surface area contributed by atoms with Crippen LogP contribution in [0.2, 0.25) is 0 Å². The maximum Gasteiger partial charge on any atom is 0.417 e. The Morgan fingerprint density at radius 2 is 1.71 bits per heavy atom. The first-order valence-electron chi connectivity index (χ1n) is 6.32. The number of ketones is 1. The fourth-order valence-electron chi connectivity index (χ4n) is 2.03. The van der Waals surface area contributed by atoms with E-state index in [2.05, 4.69) is 15.9 Å². The molecule has 0 radical (unpaired) electrons. The molecular formula is C16H12BrF3O. The van der Waals surface area contributed by atoms with Crippen molar-refractivity contribution in [3.63, 3.8) is 0 Å². The Bertz CT molecular complexity index is 636. The van der Waals surface area contributed by atoms with Crippen LogP contribution in [0, 0.1) is 0 Å². The predicted octanol–water partition coefficient (Wildman–Crippen LogP) is 5.28. The number of hydrogen-bond acceptors (Lipinski definition) is 1. The van der Waals surface area contributed by atoms with E-state index in [1.54, 1.807) is 0 Å². The van der Waals surface area contributed by atoms with Gasteiger partial charge < -0.3 is 0 Å². The van der Waals surface area contributed by atoms with Crippen molar-refractivity contribution in [3.05, 3.63) is 69.7 Å². The molecule has 1 nitrogen and oxygen atoms in total. The summed E-state index contributed by atoms with van der Waals surface area (Å²) in [4.78, 5) is 12.1. The summed E-state index contributed by atoms with van der Waals surface area (Å²) in [6.07, 6.45) is -4.07. The molecule has 0 amide bonds. The van der Waals surface area contributed by atoms with Crippen molar-refractivity contribution in [1.29, 1.82) is 0 Å². The fraction of sp³-hybridized carbons (Fsp3) is 0.188. The van der Waals surface area contributed by atoms with Crippen LogP contribution in [0.3, 0.4) is 0 Å². The monoisotopic (exact) mass is 356 g/mol. The lowest BCUT2D eigenvalue weighted by Crippen LogP contribution is -2.13. The molecule has 0 aromatic heterocycles.